The summed E-state index contributed by atoms with van der Waals surface area (Å²) >= 11 is 0. The third-order valence-electron chi connectivity index (χ3n) is 2.12. The van der Waals surface area contributed by atoms with Crippen molar-refractivity contribution in [2.75, 3.05) is 19.4 Å². The molecular formula is C11H17O4P. The Bertz CT molecular complexity index is 333. The summed E-state index contributed by atoms with van der Waals surface area (Å²) < 4.78 is 15.8. The maximum atomic E-state index is 10.5. The Morgan fingerprint density at radius 2 is 1.81 bits per heavy atom. The predicted molar refractivity (Wildman–Crippen MR) is 62.5 cm³/mol. The van der Waals surface area contributed by atoms with Crippen molar-refractivity contribution in [3.05, 3.63) is 35.9 Å². The first-order chi connectivity index (χ1) is 7.58. The molecule has 0 amide bonds. The van der Waals surface area contributed by atoms with E-state index in [1.165, 1.54) is 5.56 Å². The first-order valence-corrected chi connectivity index (χ1v) is 7.04. The van der Waals surface area contributed by atoms with Gasteiger partial charge in [-0.15, -0.1) is 0 Å². The number of benzene rings is 1. The molecule has 0 fully saturated rings. The quantitative estimate of drug-likeness (QED) is 0.567. The molecule has 0 aliphatic carbocycles. The molecule has 5 heteroatoms. The van der Waals surface area contributed by atoms with Crippen LogP contribution in [0.2, 0.25) is 0 Å². The Kier molecular flexibility index (Phi) is 5.71. The van der Waals surface area contributed by atoms with Gasteiger partial charge in [0.05, 0.1) is 12.8 Å². The molecule has 0 saturated heterocycles. The van der Waals surface area contributed by atoms with Crippen molar-refractivity contribution < 1.29 is 19.1 Å². The number of rotatable bonds is 7. The zero-order valence-electron chi connectivity index (χ0n) is 9.08. The largest absolute Gasteiger partial charge is 0.381 e. The fourth-order valence-electron chi connectivity index (χ4n) is 1.31. The Hall–Kier alpha value is -0.670. The second kappa shape index (κ2) is 6.81. The van der Waals surface area contributed by atoms with Crippen LogP contribution in [0.4, 0.5) is 0 Å². The molecule has 1 rings (SSSR count). The zero-order valence-corrected chi connectivity index (χ0v) is 9.97. The number of ether oxygens (including phenoxy) is 1. The highest BCUT2D eigenvalue weighted by Gasteiger charge is 2.11. The Morgan fingerprint density at radius 1 is 1.12 bits per heavy atom. The maximum absolute atomic E-state index is 10.5. The van der Waals surface area contributed by atoms with Crippen molar-refractivity contribution in [1.82, 2.24) is 0 Å². The van der Waals surface area contributed by atoms with Crippen molar-refractivity contribution in [3.8, 4) is 0 Å². The van der Waals surface area contributed by atoms with E-state index in [-0.39, 0.29) is 6.16 Å². The number of hydrogen-bond donors (Lipinski definition) is 2. The lowest BCUT2D eigenvalue weighted by Crippen LogP contribution is -2.02. The van der Waals surface area contributed by atoms with E-state index in [9.17, 15) is 4.57 Å². The smallest absolute Gasteiger partial charge is 0.325 e. The van der Waals surface area contributed by atoms with Crippen LogP contribution in [0.5, 0.6) is 0 Å². The first-order valence-electron chi connectivity index (χ1n) is 5.24. The van der Waals surface area contributed by atoms with Crippen LogP contribution in [-0.4, -0.2) is 29.2 Å². The summed E-state index contributed by atoms with van der Waals surface area (Å²) in [5, 5.41) is 0. The second-order valence-electron chi connectivity index (χ2n) is 3.59. The van der Waals surface area contributed by atoms with Crippen molar-refractivity contribution in [1.29, 1.82) is 0 Å². The van der Waals surface area contributed by atoms with Crippen LogP contribution in [0, 0.1) is 0 Å². The highest BCUT2D eigenvalue weighted by molar-refractivity contribution is 7.51. The summed E-state index contributed by atoms with van der Waals surface area (Å²) in [4.78, 5) is 17.2. The van der Waals surface area contributed by atoms with Crippen LogP contribution in [0.3, 0.4) is 0 Å². The SMILES string of the molecule is O=P(O)(O)CCCOCCc1ccccc1. The lowest BCUT2D eigenvalue weighted by Gasteiger charge is -2.05. The van der Waals surface area contributed by atoms with Gasteiger partial charge in [0.15, 0.2) is 0 Å². The molecule has 2 N–H and O–H groups in total. The highest BCUT2D eigenvalue weighted by Crippen LogP contribution is 2.34. The topological polar surface area (TPSA) is 66.8 Å². The van der Waals surface area contributed by atoms with E-state index >= 15 is 0 Å². The second-order valence-corrected chi connectivity index (χ2v) is 5.37. The molecule has 0 aliphatic rings. The van der Waals surface area contributed by atoms with E-state index in [0.717, 1.165) is 6.42 Å². The molecule has 0 aliphatic heterocycles. The summed E-state index contributed by atoms with van der Waals surface area (Å²) in [7, 11) is -3.85. The summed E-state index contributed by atoms with van der Waals surface area (Å²) in [5.41, 5.74) is 1.21. The van der Waals surface area contributed by atoms with Gasteiger partial charge in [-0.2, -0.15) is 0 Å². The van der Waals surface area contributed by atoms with Crippen LogP contribution in [0.1, 0.15) is 12.0 Å². The lowest BCUT2D eigenvalue weighted by atomic mass is 10.2. The molecule has 1 aromatic carbocycles. The molecule has 1 aromatic rings. The van der Waals surface area contributed by atoms with Crippen LogP contribution >= 0.6 is 7.60 Å². The minimum Gasteiger partial charge on any atom is -0.381 e. The van der Waals surface area contributed by atoms with E-state index in [1.807, 2.05) is 30.3 Å². The minimum absolute atomic E-state index is 0.0989. The van der Waals surface area contributed by atoms with Gasteiger partial charge in [0.1, 0.15) is 0 Å². The van der Waals surface area contributed by atoms with E-state index in [2.05, 4.69) is 0 Å². The molecule has 90 valence electrons. The average molecular weight is 244 g/mol. The van der Waals surface area contributed by atoms with Crippen LogP contribution in [0.25, 0.3) is 0 Å². The summed E-state index contributed by atoms with van der Waals surface area (Å²) in [6.07, 6.45) is 1.13. The zero-order chi connectivity index (χ0) is 11.9. The first kappa shape index (κ1) is 13.4. The van der Waals surface area contributed by atoms with Gasteiger partial charge in [0, 0.05) is 6.61 Å². The molecule has 0 aromatic heterocycles. The fraction of sp³-hybridized carbons (Fsp3) is 0.455. The molecule has 0 radical (unpaired) electrons. The van der Waals surface area contributed by atoms with E-state index in [4.69, 9.17) is 14.5 Å². The van der Waals surface area contributed by atoms with E-state index in [0.29, 0.717) is 19.6 Å². The Labute approximate surface area is 95.4 Å². The molecule has 0 unspecified atom stereocenters. The molecule has 0 spiro atoms. The van der Waals surface area contributed by atoms with Crippen LogP contribution < -0.4 is 0 Å². The molecule has 0 bridgehead atoms. The van der Waals surface area contributed by atoms with Gasteiger partial charge in [-0.05, 0) is 18.4 Å². The van der Waals surface area contributed by atoms with Gasteiger partial charge in [-0.3, -0.25) is 4.57 Å². The molecule has 0 saturated carbocycles. The van der Waals surface area contributed by atoms with Crippen LogP contribution in [0.15, 0.2) is 30.3 Å². The highest BCUT2D eigenvalue weighted by atomic mass is 31.2. The molecule has 0 atom stereocenters. The van der Waals surface area contributed by atoms with Gasteiger partial charge >= 0.3 is 7.60 Å². The third kappa shape index (κ3) is 6.75. The molecule has 16 heavy (non-hydrogen) atoms. The Balaban J connectivity index is 2.03. The van der Waals surface area contributed by atoms with Gasteiger partial charge in [-0.25, -0.2) is 0 Å². The third-order valence-corrected chi connectivity index (χ3v) is 3.01. The average Bonchev–Trinajstić information content (AvgIpc) is 2.23. The molecular weight excluding hydrogens is 227 g/mol. The normalized spacial score (nSPS) is 11.6. The van der Waals surface area contributed by atoms with Gasteiger partial charge in [-0.1, -0.05) is 30.3 Å². The van der Waals surface area contributed by atoms with Gasteiger partial charge < -0.3 is 14.5 Å². The standard InChI is InChI=1S/C11H17O4P/c12-16(13,14)10-4-8-15-9-7-11-5-2-1-3-6-11/h1-3,5-6H,4,7-10H2,(H2,12,13,14). The van der Waals surface area contributed by atoms with Crippen LogP contribution in [-0.2, 0) is 15.7 Å². The van der Waals surface area contributed by atoms with Crippen molar-refractivity contribution in [3.63, 3.8) is 0 Å². The predicted octanol–water partition coefficient (Wildman–Crippen LogP) is 1.81. The molecule has 0 heterocycles. The summed E-state index contributed by atoms with van der Waals surface area (Å²) in [6.45, 7) is 0.989. The minimum atomic E-state index is -3.85. The van der Waals surface area contributed by atoms with Gasteiger partial charge in [0.25, 0.3) is 0 Å². The summed E-state index contributed by atoms with van der Waals surface area (Å²) in [6, 6.07) is 9.97. The molecule has 4 nitrogen and oxygen atoms in total. The van der Waals surface area contributed by atoms with E-state index < -0.39 is 7.60 Å². The monoisotopic (exact) mass is 244 g/mol. The maximum Gasteiger partial charge on any atom is 0.325 e. The number of hydrogen-bond acceptors (Lipinski definition) is 2. The van der Waals surface area contributed by atoms with Crippen molar-refractivity contribution >= 4 is 7.60 Å². The van der Waals surface area contributed by atoms with Crippen molar-refractivity contribution in [2.45, 2.75) is 12.8 Å². The Morgan fingerprint density at radius 3 is 2.44 bits per heavy atom. The lowest BCUT2D eigenvalue weighted by molar-refractivity contribution is 0.137. The summed E-state index contributed by atoms with van der Waals surface area (Å²) in [5.74, 6) is 0. The fourth-order valence-corrected chi connectivity index (χ4v) is 1.85. The van der Waals surface area contributed by atoms with E-state index in [1.54, 1.807) is 0 Å². The van der Waals surface area contributed by atoms with Crippen molar-refractivity contribution in [2.24, 2.45) is 0 Å². The van der Waals surface area contributed by atoms with Gasteiger partial charge in [0.2, 0.25) is 0 Å².